The van der Waals surface area contributed by atoms with Crippen LogP contribution >= 0.6 is 15.9 Å². The smallest absolute Gasteiger partial charge is 0.417 e. The molecule has 2 rings (SSSR count). The average molecular weight is 335 g/mol. The zero-order valence-electron chi connectivity index (χ0n) is 9.16. The number of amides is 1. The first kappa shape index (κ1) is 13.6. The Labute approximate surface area is 113 Å². The highest BCUT2D eigenvalue weighted by molar-refractivity contribution is 9.10. The molecule has 0 fully saturated rings. The maximum Gasteiger partial charge on any atom is 0.417 e. The van der Waals surface area contributed by atoms with Crippen molar-refractivity contribution in [2.45, 2.75) is 6.18 Å². The number of alkyl halides is 3. The summed E-state index contributed by atoms with van der Waals surface area (Å²) in [6.07, 6.45) is -3.81. The van der Waals surface area contributed by atoms with Gasteiger partial charge >= 0.3 is 6.18 Å². The minimum absolute atomic E-state index is 0.00511. The molecule has 0 saturated heterocycles. The van der Waals surface area contributed by atoms with Gasteiger partial charge in [-0.05, 0) is 40.2 Å². The van der Waals surface area contributed by atoms with Gasteiger partial charge in [0.05, 0.1) is 5.56 Å². The van der Waals surface area contributed by atoms with E-state index < -0.39 is 17.6 Å². The van der Waals surface area contributed by atoms with Crippen molar-refractivity contribution in [2.24, 2.45) is 0 Å². The zero-order valence-corrected chi connectivity index (χ0v) is 10.7. The summed E-state index contributed by atoms with van der Waals surface area (Å²) in [5.74, 6) is -0.572. The first-order valence-corrected chi connectivity index (χ1v) is 5.75. The summed E-state index contributed by atoms with van der Waals surface area (Å²) in [4.78, 5) is 15.1. The lowest BCUT2D eigenvalue weighted by Crippen LogP contribution is -2.13. The van der Waals surface area contributed by atoms with E-state index in [2.05, 4.69) is 26.2 Å². The van der Waals surface area contributed by atoms with Crippen molar-refractivity contribution >= 4 is 27.7 Å². The normalized spacial score (nSPS) is 11.4. The molecule has 8 heteroatoms. The molecule has 19 heavy (non-hydrogen) atoms. The maximum atomic E-state index is 12.3. The van der Waals surface area contributed by atoms with Crippen LogP contribution in [0.5, 0.6) is 0 Å². The number of anilines is 1. The quantitative estimate of drug-likeness (QED) is 0.910. The number of hydrogen-bond acceptors (Lipinski definition) is 3. The highest BCUT2D eigenvalue weighted by Gasteiger charge is 2.30. The van der Waals surface area contributed by atoms with E-state index in [-0.39, 0.29) is 11.6 Å². The van der Waals surface area contributed by atoms with Crippen LogP contribution in [-0.4, -0.2) is 10.9 Å². The second-order valence-corrected chi connectivity index (χ2v) is 4.27. The molecular formula is C11H6BrF3N2O2. The molecule has 0 aliphatic heterocycles. The van der Waals surface area contributed by atoms with Crippen molar-refractivity contribution in [1.29, 1.82) is 0 Å². The van der Waals surface area contributed by atoms with Gasteiger partial charge in [0.2, 0.25) is 0 Å². The van der Waals surface area contributed by atoms with Crippen LogP contribution < -0.4 is 5.32 Å². The summed E-state index contributed by atoms with van der Waals surface area (Å²) in [6, 6.07) is 4.85. The van der Waals surface area contributed by atoms with Gasteiger partial charge in [0, 0.05) is 6.20 Å². The summed E-state index contributed by atoms with van der Waals surface area (Å²) in [7, 11) is 0. The topological polar surface area (TPSA) is 55.1 Å². The van der Waals surface area contributed by atoms with Crippen molar-refractivity contribution in [2.75, 3.05) is 5.32 Å². The summed E-state index contributed by atoms with van der Waals surface area (Å²) in [5.41, 5.74) is -0.883. The summed E-state index contributed by atoms with van der Waals surface area (Å²) in [5, 5.41) is 2.32. The molecule has 0 bridgehead atoms. The molecule has 0 radical (unpaired) electrons. The SMILES string of the molecule is O=C(Nc1ccc(C(F)(F)F)cn1)c1ccc(Br)o1. The Morgan fingerprint density at radius 2 is 2.00 bits per heavy atom. The molecule has 0 aromatic carbocycles. The first-order valence-electron chi connectivity index (χ1n) is 4.96. The van der Waals surface area contributed by atoms with Crippen LogP contribution in [0.2, 0.25) is 0 Å². The van der Waals surface area contributed by atoms with Gasteiger partial charge in [-0.3, -0.25) is 4.79 Å². The van der Waals surface area contributed by atoms with E-state index in [4.69, 9.17) is 4.42 Å². The lowest BCUT2D eigenvalue weighted by molar-refractivity contribution is -0.137. The van der Waals surface area contributed by atoms with Crippen LogP contribution in [0.1, 0.15) is 16.1 Å². The van der Waals surface area contributed by atoms with Crippen molar-refractivity contribution in [3.8, 4) is 0 Å². The Hall–Kier alpha value is -1.83. The fourth-order valence-corrected chi connectivity index (χ4v) is 1.56. The fraction of sp³-hybridized carbons (Fsp3) is 0.0909. The van der Waals surface area contributed by atoms with Crippen molar-refractivity contribution < 1.29 is 22.4 Å². The minimum atomic E-state index is -4.46. The molecule has 0 unspecified atom stereocenters. The summed E-state index contributed by atoms with van der Waals surface area (Å²) >= 11 is 3.03. The third-order valence-corrected chi connectivity index (χ3v) is 2.56. The third kappa shape index (κ3) is 3.34. The van der Waals surface area contributed by atoms with Gasteiger partial charge in [0.1, 0.15) is 5.82 Å². The lowest BCUT2D eigenvalue weighted by Gasteiger charge is -2.07. The molecule has 0 spiro atoms. The summed E-state index contributed by atoms with van der Waals surface area (Å²) < 4.78 is 42.3. The molecule has 2 aromatic rings. The van der Waals surface area contributed by atoms with Gasteiger partial charge in [-0.1, -0.05) is 0 Å². The standard InChI is InChI=1S/C11H6BrF3N2O2/c12-8-3-2-7(19-8)10(18)17-9-4-1-6(5-16-9)11(13,14)15/h1-5H,(H,16,17,18). The molecule has 2 aromatic heterocycles. The average Bonchev–Trinajstić information content (AvgIpc) is 2.75. The first-order chi connectivity index (χ1) is 8.86. The molecule has 0 saturated carbocycles. The highest BCUT2D eigenvalue weighted by atomic mass is 79.9. The predicted molar refractivity (Wildman–Crippen MR) is 63.6 cm³/mol. The molecule has 1 N–H and O–H groups in total. The number of furan rings is 1. The number of nitrogens with one attached hydrogen (secondary N) is 1. The van der Waals surface area contributed by atoms with Gasteiger partial charge in [-0.15, -0.1) is 0 Å². The lowest BCUT2D eigenvalue weighted by atomic mass is 10.3. The number of halogens is 4. The molecule has 4 nitrogen and oxygen atoms in total. The van der Waals surface area contributed by atoms with Crippen LogP contribution in [0.15, 0.2) is 39.5 Å². The fourth-order valence-electron chi connectivity index (χ4n) is 1.25. The second-order valence-electron chi connectivity index (χ2n) is 3.49. The van der Waals surface area contributed by atoms with Crippen molar-refractivity contribution in [3.63, 3.8) is 0 Å². The highest BCUT2D eigenvalue weighted by Crippen LogP contribution is 2.28. The number of carbonyl (C=O) groups is 1. The third-order valence-electron chi connectivity index (χ3n) is 2.13. The van der Waals surface area contributed by atoms with Gasteiger partial charge < -0.3 is 9.73 Å². The van der Waals surface area contributed by atoms with Crippen LogP contribution in [0.25, 0.3) is 0 Å². The van der Waals surface area contributed by atoms with E-state index in [0.29, 0.717) is 10.9 Å². The van der Waals surface area contributed by atoms with E-state index in [1.54, 1.807) is 0 Å². The number of nitrogens with zero attached hydrogens (tertiary/aromatic N) is 1. The second kappa shape index (κ2) is 5.04. The molecule has 0 atom stereocenters. The molecular weight excluding hydrogens is 329 g/mol. The Morgan fingerprint density at radius 1 is 1.26 bits per heavy atom. The van der Waals surface area contributed by atoms with Gasteiger partial charge in [0.15, 0.2) is 10.4 Å². The summed E-state index contributed by atoms with van der Waals surface area (Å²) in [6.45, 7) is 0. The predicted octanol–water partition coefficient (Wildman–Crippen LogP) is 3.71. The number of rotatable bonds is 2. The van der Waals surface area contributed by atoms with E-state index in [1.807, 2.05) is 0 Å². The monoisotopic (exact) mass is 334 g/mol. The largest absolute Gasteiger partial charge is 0.444 e. The van der Waals surface area contributed by atoms with E-state index in [0.717, 1.165) is 12.1 Å². The number of pyridine rings is 1. The van der Waals surface area contributed by atoms with Crippen LogP contribution in [-0.2, 0) is 6.18 Å². The van der Waals surface area contributed by atoms with Crippen LogP contribution in [0.3, 0.4) is 0 Å². The Kier molecular flexibility index (Phi) is 3.61. The van der Waals surface area contributed by atoms with Crippen molar-refractivity contribution in [3.05, 3.63) is 46.5 Å². The van der Waals surface area contributed by atoms with Crippen LogP contribution in [0.4, 0.5) is 19.0 Å². The Morgan fingerprint density at radius 3 is 2.47 bits per heavy atom. The Bertz CT molecular complexity index is 593. The van der Waals surface area contributed by atoms with Crippen molar-refractivity contribution in [1.82, 2.24) is 4.98 Å². The number of carbonyl (C=O) groups excluding carboxylic acids is 1. The number of aromatic nitrogens is 1. The molecule has 100 valence electrons. The van der Waals surface area contributed by atoms with Gasteiger partial charge in [0.25, 0.3) is 5.91 Å². The van der Waals surface area contributed by atoms with E-state index in [1.165, 1.54) is 12.1 Å². The molecule has 0 aliphatic carbocycles. The van der Waals surface area contributed by atoms with E-state index >= 15 is 0 Å². The zero-order chi connectivity index (χ0) is 14.0. The van der Waals surface area contributed by atoms with Gasteiger partial charge in [-0.2, -0.15) is 13.2 Å². The molecule has 2 heterocycles. The minimum Gasteiger partial charge on any atom is -0.444 e. The molecule has 0 aliphatic rings. The number of hydrogen-bond donors (Lipinski definition) is 1. The molecule has 1 amide bonds. The maximum absolute atomic E-state index is 12.3. The Balaban J connectivity index is 2.10. The van der Waals surface area contributed by atoms with E-state index in [9.17, 15) is 18.0 Å². The van der Waals surface area contributed by atoms with Gasteiger partial charge in [-0.25, -0.2) is 4.98 Å². The van der Waals surface area contributed by atoms with Crippen LogP contribution in [0, 0.1) is 0 Å².